The monoisotopic (exact) mass is 440 g/mol. The topological polar surface area (TPSA) is 75.7 Å². The Morgan fingerprint density at radius 3 is 2.30 bits per heavy atom. The fourth-order valence-electron chi connectivity index (χ4n) is 2.86. The van der Waals surface area contributed by atoms with Crippen LogP contribution >= 0.6 is 0 Å². The molecule has 1 N–H and O–H groups in total. The van der Waals surface area contributed by atoms with Gasteiger partial charge in [-0.15, -0.1) is 0 Å². The maximum absolute atomic E-state index is 13.6. The summed E-state index contributed by atoms with van der Waals surface area (Å²) in [5.41, 5.74) is 2.07. The molecule has 2 aromatic carbocycles. The number of hydrogen-bond donors (Lipinski definition) is 1. The van der Waals surface area contributed by atoms with Crippen molar-refractivity contribution in [1.82, 2.24) is 5.32 Å². The molecule has 0 saturated heterocycles. The number of amides is 1. The number of nitrogens with one attached hydrogen (secondary N) is 1. The number of rotatable bonds is 8. The van der Waals surface area contributed by atoms with E-state index in [0.717, 1.165) is 39.9 Å². The van der Waals surface area contributed by atoms with Gasteiger partial charge in [0.2, 0.25) is 15.9 Å². The molecule has 6 nitrogen and oxygen atoms in total. The van der Waals surface area contributed by atoms with Crippen LogP contribution in [0.25, 0.3) is 0 Å². The minimum absolute atomic E-state index is 0.141. The second-order valence-corrected chi connectivity index (χ2v) is 9.16. The van der Waals surface area contributed by atoms with Gasteiger partial charge in [0.25, 0.3) is 0 Å². The lowest BCUT2D eigenvalue weighted by Gasteiger charge is -2.29. The molecule has 30 heavy (non-hydrogen) atoms. The van der Waals surface area contributed by atoms with Crippen LogP contribution in [0.4, 0.5) is 14.5 Å². The number of nitrogens with zero attached hydrogens (tertiary/aromatic N) is 1. The van der Waals surface area contributed by atoms with E-state index in [2.05, 4.69) is 5.32 Å². The maximum atomic E-state index is 13.6. The Labute approximate surface area is 175 Å². The van der Waals surface area contributed by atoms with Gasteiger partial charge in [-0.05, 0) is 63.1 Å². The maximum Gasteiger partial charge on any atom is 0.243 e. The first-order valence-corrected chi connectivity index (χ1v) is 11.2. The van der Waals surface area contributed by atoms with Crippen molar-refractivity contribution >= 4 is 21.6 Å². The van der Waals surface area contributed by atoms with Gasteiger partial charge in [0.15, 0.2) is 11.6 Å². The van der Waals surface area contributed by atoms with Gasteiger partial charge in [-0.2, -0.15) is 0 Å². The summed E-state index contributed by atoms with van der Waals surface area (Å²) >= 11 is 0. The first-order chi connectivity index (χ1) is 13.9. The first kappa shape index (κ1) is 23.6. The van der Waals surface area contributed by atoms with Gasteiger partial charge >= 0.3 is 0 Å². The minimum atomic E-state index is -3.94. The van der Waals surface area contributed by atoms with Crippen molar-refractivity contribution in [2.45, 2.75) is 39.8 Å². The number of aryl methyl sites for hydroxylation is 2. The average molecular weight is 441 g/mol. The lowest BCUT2D eigenvalue weighted by Crippen LogP contribution is -2.50. The Kier molecular flexibility index (Phi) is 7.41. The lowest BCUT2D eigenvalue weighted by molar-refractivity contribution is -0.122. The minimum Gasteiger partial charge on any atom is -0.491 e. The number of carbonyl (C=O) groups excluding carboxylic acids is 1. The van der Waals surface area contributed by atoms with Crippen molar-refractivity contribution in [3.8, 4) is 5.75 Å². The summed E-state index contributed by atoms with van der Waals surface area (Å²) in [6, 6.07) is 6.70. The summed E-state index contributed by atoms with van der Waals surface area (Å²) in [5.74, 6) is -2.25. The third-order valence-electron chi connectivity index (χ3n) is 4.61. The van der Waals surface area contributed by atoms with Gasteiger partial charge in [-0.1, -0.05) is 6.07 Å². The van der Waals surface area contributed by atoms with Gasteiger partial charge in [-0.25, -0.2) is 17.2 Å². The number of ether oxygens (including phenoxy) is 1. The molecule has 2 atom stereocenters. The molecule has 2 rings (SSSR count). The Morgan fingerprint density at radius 2 is 1.73 bits per heavy atom. The molecule has 0 aliphatic heterocycles. The molecule has 0 unspecified atom stereocenters. The van der Waals surface area contributed by atoms with Crippen LogP contribution in [0, 0.1) is 25.5 Å². The number of halogens is 2. The highest BCUT2D eigenvalue weighted by Gasteiger charge is 2.30. The zero-order valence-electron chi connectivity index (χ0n) is 17.6. The number of carbonyl (C=O) groups is 1. The van der Waals surface area contributed by atoms with E-state index in [4.69, 9.17) is 4.74 Å². The summed E-state index contributed by atoms with van der Waals surface area (Å²) in [7, 11) is -3.94. The van der Waals surface area contributed by atoms with E-state index in [1.165, 1.54) is 6.92 Å². The van der Waals surface area contributed by atoms with Crippen LogP contribution in [0.15, 0.2) is 36.4 Å². The quantitative estimate of drug-likeness (QED) is 0.683. The van der Waals surface area contributed by atoms with Crippen molar-refractivity contribution in [2.24, 2.45) is 0 Å². The highest BCUT2D eigenvalue weighted by Crippen LogP contribution is 2.23. The average Bonchev–Trinajstić information content (AvgIpc) is 2.64. The van der Waals surface area contributed by atoms with Gasteiger partial charge in [-0.3, -0.25) is 9.10 Å². The second kappa shape index (κ2) is 9.42. The third kappa shape index (κ3) is 5.91. The van der Waals surface area contributed by atoms with Crippen LogP contribution < -0.4 is 14.4 Å². The molecule has 2 aromatic rings. The van der Waals surface area contributed by atoms with E-state index in [0.29, 0.717) is 5.75 Å². The zero-order valence-corrected chi connectivity index (χ0v) is 18.4. The van der Waals surface area contributed by atoms with Crippen molar-refractivity contribution in [2.75, 3.05) is 17.2 Å². The second-order valence-electron chi connectivity index (χ2n) is 7.30. The standard InChI is InChI=1S/C21H26F2N2O4S/c1-13-6-8-18(10-14(13)2)29-12-15(3)24-21(26)16(4)25(30(5,27)28)17-7-9-19(22)20(23)11-17/h6-11,15-16H,12H2,1-5H3,(H,24,26)/t15-,16+/m1/s1. The number of hydrogen-bond acceptors (Lipinski definition) is 4. The van der Waals surface area contributed by atoms with Crippen molar-refractivity contribution in [1.29, 1.82) is 0 Å². The van der Waals surface area contributed by atoms with E-state index in [1.54, 1.807) is 6.92 Å². The van der Waals surface area contributed by atoms with E-state index < -0.39 is 39.6 Å². The van der Waals surface area contributed by atoms with Gasteiger partial charge < -0.3 is 10.1 Å². The molecule has 0 aliphatic rings. The zero-order chi connectivity index (χ0) is 22.6. The van der Waals surface area contributed by atoms with Crippen LogP contribution in [-0.2, 0) is 14.8 Å². The Morgan fingerprint density at radius 1 is 1.07 bits per heavy atom. The number of sulfonamides is 1. The van der Waals surface area contributed by atoms with Crippen LogP contribution in [0.1, 0.15) is 25.0 Å². The Hall–Kier alpha value is -2.68. The van der Waals surface area contributed by atoms with Crippen LogP contribution in [-0.4, -0.2) is 39.3 Å². The molecule has 0 radical (unpaired) electrons. The smallest absolute Gasteiger partial charge is 0.243 e. The summed E-state index contributed by atoms with van der Waals surface area (Å²) in [4.78, 5) is 12.6. The van der Waals surface area contributed by atoms with Crippen molar-refractivity contribution in [3.63, 3.8) is 0 Å². The first-order valence-electron chi connectivity index (χ1n) is 9.35. The summed E-state index contributed by atoms with van der Waals surface area (Å²) in [5, 5.41) is 2.69. The van der Waals surface area contributed by atoms with E-state index >= 15 is 0 Å². The number of anilines is 1. The molecular weight excluding hydrogens is 414 g/mol. The van der Waals surface area contributed by atoms with Gasteiger partial charge in [0.1, 0.15) is 18.4 Å². The highest BCUT2D eigenvalue weighted by molar-refractivity contribution is 7.92. The molecule has 0 bridgehead atoms. The summed E-state index contributed by atoms with van der Waals surface area (Å²) in [6.45, 7) is 7.21. The third-order valence-corrected chi connectivity index (χ3v) is 5.85. The van der Waals surface area contributed by atoms with Crippen molar-refractivity contribution < 1.29 is 26.7 Å². The lowest BCUT2D eigenvalue weighted by atomic mass is 10.1. The molecule has 0 spiro atoms. The normalized spacial score (nSPS) is 13.4. The summed E-state index contributed by atoms with van der Waals surface area (Å²) in [6.07, 6.45) is 0.893. The van der Waals surface area contributed by atoms with Crippen molar-refractivity contribution in [3.05, 3.63) is 59.2 Å². The van der Waals surface area contributed by atoms with Gasteiger partial charge in [0, 0.05) is 6.07 Å². The largest absolute Gasteiger partial charge is 0.491 e. The Balaban J connectivity index is 2.08. The van der Waals surface area contributed by atoms with Crippen LogP contribution in [0.5, 0.6) is 5.75 Å². The number of benzene rings is 2. The molecular formula is C21H26F2N2O4S. The fraction of sp³-hybridized carbons (Fsp3) is 0.381. The fourth-order valence-corrected chi connectivity index (χ4v) is 4.03. The van der Waals surface area contributed by atoms with E-state index in [-0.39, 0.29) is 12.3 Å². The molecule has 0 aromatic heterocycles. The molecule has 9 heteroatoms. The predicted molar refractivity (Wildman–Crippen MR) is 112 cm³/mol. The van der Waals surface area contributed by atoms with E-state index in [1.807, 2.05) is 32.0 Å². The van der Waals surface area contributed by atoms with Crippen LogP contribution in [0.2, 0.25) is 0 Å². The molecule has 164 valence electrons. The molecule has 0 fully saturated rings. The Bertz CT molecular complexity index is 1030. The molecule has 0 saturated carbocycles. The SMILES string of the molecule is Cc1ccc(OC[C@@H](C)NC(=O)[C@H](C)N(c2ccc(F)c(F)c2)S(C)(=O)=O)cc1C. The highest BCUT2D eigenvalue weighted by atomic mass is 32.2. The predicted octanol–water partition coefficient (Wildman–Crippen LogP) is 3.32. The van der Waals surface area contributed by atoms with Gasteiger partial charge in [0.05, 0.1) is 18.0 Å². The van der Waals surface area contributed by atoms with Crippen LogP contribution in [0.3, 0.4) is 0 Å². The summed E-state index contributed by atoms with van der Waals surface area (Å²) < 4.78 is 57.7. The molecule has 1 amide bonds. The molecule has 0 aliphatic carbocycles. The van der Waals surface area contributed by atoms with E-state index in [9.17, 15) is 22.0 Å². The molecule has 0 heterocycles.